The van der Waals surface area contributed by atoms with Crippen molar-refractivity contribution in [2.75, 3.05) is 38.8 Å². The maximum atomic E-state index is 12.1. The molecule has 1 N–H and O–H groups in total. The molecule has 0 unspecified atom stereocenters. The van der Waals surface area contributed by atoms with Crippen molar-refractivity contribution in [1.29, 1.82) is 0 Å². The first-order valence-electron chi connectivity index (χ1n) is 9.00. The number of rotatable bonds is 10. The van der Waals surface area contributed by atoms with E-state index in [1.165, 1.54) is 14.0 Å². The van der Waals surface area contributed by atoms with Gasteiger partial charge in [-0.15, -0.1) is 0 Å². The highest BCUT2D eigenvalue weighted by Crippen LogP contribution is 2.32. The molecule has 7 heteroatoms. The average Bonchev–Trinajstić information content (AvgIpc) is 2.71. The molecule has 0 radical (unpaired) electrons. The van der Waals surface area contributed by atoms with Crippen molar-refractivity contribution in [3.63, 3.8) is 0 Å². The number of para-hydroxylation sites is 1. The van der Waals surface area contributed by atoms with Crippen LogP contribution in [0.25, 0.3) is 0 Å². The Morgan fingerprint density at radius 2 is 1.75 bits per heavy atom. The van der Waals surface area contributed by atoms with E-state index in [1.807, 2.05) is 30.3 Å². The molecule has 0 fully saturated rings. The van der Waals surface area contributed by atoms with Gasteiger partial charge in [-0.3, -0.25) is 9.59 Å². The largest absolute Gasteiger partial charge is 0.497 e. The number of amides is 2. The number of anilines is 1. The molecule has 2 amide bonds. The van der Waals surface area contributed by atoms with E-state index < -0.39 is 0 Å². The third-order valence-electron chi connectivity index (χ3n) is 4.06. The first-order chi connectivity index (χ1) is 13.5. The summed E-state index contributed by atoms with van der Waals surface area (Å²) in [6, 6.07) is 14.6. The van der Waals surface area contributed by atoms with E-state index in [9.17, 15) is 9.59 Å². The van der Waals surface area contributed by atoms with Crippen LogP contribution in [0.15, 0.2) is 48.5 Å². The summed E-state index contributed by atoms with van der Waals surface area (Å²) in [5, 5.41) is 2.81. The van der Waals surface area contributed by atoms with E-state index in [0.717, 1.165) is 5.75 Å². The summed E-state index contributed by atoms with van der Waals surface area (Å²) < 4.78 is 16.1. The highest BCUT2D eigenvalue weighted by Gasteiger charge is 2.17. The first-order valence-corrected chi connectivity index (χ1v) is 9.00. The maximum absolute atomic E-state index is 12.1. The summed E-state index contributed by atoms with van der Waals surface area (Å²) in [5.74, 6) is 1.59. The molecule has 0 bridgehead atoms. The Morgan fingerprint density at radius 3 is 2.39 bits per heavy atom. The minimum Gasteiger partial charge on any atom is -0.497 e. The summed E-state index contributed by atoms with van der Waals surface area (Å²) in [7, 11) is 3.10. The smallest absolute Gasteiger partial charge is 0.224 e. The van der Waals surface area contributed by atoms with Gasteiger partial charge in [0.05, 0.1) is 32.9 Å². The molecule has 2 aromatic carbocycles. The summed E-state index contributed by atoms with van der Waals surface area (Å²) in [6.45, 7) is 2.37. The number of hydrogen-bond acceptors (Lipinski definition) is 5. The van der Waals surface area contributed by atoms with E-state index in [1.54, 1.807) is 30.2 Å². The molecule has 0 aliphatic heterocycles. The second kappa shape index (κ2) is 10.8. The van der Waals surface area contributed by atoms with Crippen molar-refractivity contribution in [2.45, 2.75) is 13.3 Å². The van der Waals surface area contributed by atoms with Crippen molar-refractivity contribution in [3.8, 4) is 17.2 Å². The number of carbonyl (C=O) groups is 2. The van der Waals surface area contributed by atoms with E-state index >= 15 is 0 Å². The molecule has 2 rings (SSSR count). The molecule has 0 spiro atoms. The molecule has 0 atom stereocenters. The predicted octanol–water partition coefficient (Wildman–Crippen LogP) is 2.64. The van der Waals surface area contributed by atoms with Crippen LogP contribution in [-0.4, -0.2) is 45.7 Å². The van der Waals surface area contributed by atoms with Crippen LogP contribution in [0.2, 0.25) is 0 Å². The van der Waals surface area contributed by atoms with E-state index in [2.05, 4.69) is 5.32 Å². The molecular formula is C21H26N2O5. The quantitative estimate of drug-likeness (QED) is 0.679. The van der Waals surface area contributed by atoms with Crippen LogP contribution in [0, 0.1) is 0 Å². The van der Waals surface area contributed by atoms with Crippen LogP contribution in [0.3, 0.4) is 0 Å². The molecule has 150 valence electrons. The number of nitrogens with one attached hydrogen (secondary N) is 1. The minimum atomic E-state index is -0.159. The van der Waals surface area contributed by atoms with Gasteiger partial charge in [0.25, 0.3) is 0 Å². The van der Waals surface area contributed by atoms with E-state index in [4.69, 9.17) is 14.2 Å². The van der Waals surface area contributed by atoms with Gasteiger partial charge in [-0.1, -0.05) is 18.2 Å². The summed E-state index contributed by atoms with van der Waals surface area (Å²) >= 11 is 0. The Morgan fingerprint density at radius 1 is 1.00 bits per heavy atom. The van der Waals surface area contributed by atoms with Gasteiger partial charge in [-0.05, 0) is 24.3 Å². The van der Waals surface area contributed by atoms with Gasteiger partial charge in [0.2, 0.25) is 11.8 Å². The van der Waals surface area contributed by atoms with Gasteiger partial charge in [-0.25, -0.2) is 0 Å². The van der Waals surface area contributed by atoms with Crippen LogP contribution in [-0.2, 0) is 9.59 Å². The molecule has 0 aliphatic carbocycles. The van der Waals surface area contributed by atoms with Gasteiger partial charge in [0, 0.05) is 26.1 Å². The standard InChI is InChI=1S/C21H26N2O5/c1-16(24)23(19-15-18(26-2)9-10-20(19)27-3)13-12-22-21(25)11-14-28-17-7-5-4-6-8-17/h4-10,15H,11-14H2,1-3H3,(H,22,25). The van der Waals surface area contributed by atoms with Gasteiger partial charge in [0.1, 0.15) is 17.2 Å². The molecule has 0 saturated carbocycles. The van der Waals surface area contributed by atoms with Gasteiger partial charge in [0.15, 0.2) is 0 Å². The third kappa shape index (κ3) is 6.19. The Hall–Kier alpha value is -3.22. The normalized spacial score (nSPS) is 10.1. The molecule has 0 heterocycles. The predicted molar refractivity (Wildman–Crippen MR) is 107 cm³/mol. The topological polar surface area (TPSA) is 77.1 Å². The Balaban J connectivity index is 1.86. The zero-order chi connectivity index (χ0) is 20.4. The lowest BCUT2D eigenvalue weighted by atomic mass is 10.2. The number of carbonyl (C=O) groups excluding carboxylic acids is 2. The van der Waals surface area contributed by atoms with E-state index in [-0.39, 0.29) is 24.8 Å². The summed E-state index contributed by atoms with van der Waals surface area (Å²) in [6.07, 6.45) is 0.234. The average molecular weight is 386 g/mol. The highest BCUT2D eigenvalue weighted by molar-refractivity contribution is 5.93. The number of nitrogens with zero attached hydrogens (tertiary/aromatic N) is 1. The zero-order valence-electron chi connectivity index (χ0n) is 16.4. The second-order valence-electron chi connectivity index (χ2n) is 5.97. The minimum absolute atomic E-state index is 0.142. The molecule has 0 aliphatic rings. The molecule has 0 saturated heterocycles. The second-order valence-corrected chi connectivity index (χ2v) is 5.97. The lowest BCUT2D eigenvalue weighted by Gasteiger charge is -2.24. The van der Waals surface area contributed by atoms with Gasteiger partial charge in [-0.2, -0.15) is 0 Å². The lowest BCUT2D eigenvalue weighted by molar-refractivity contribution is -0.122. The fourth-order valence-electron chi connectivity index (χ4n) is 2.63. The molecular weight excluding hydrogens is 360 g/mol. The van der Waals surface area contributed by atoms with Crippen molar-refractivity contribution in [1.82, 2.24) is 5.32 Å². The van der Waals surface area contributed by atoms with Crippen LogP contribution in [0.1, 0.15) is 13.3 Å². The first kappa shape index (κ1) is 21.1. The van der Waals surface area contributed by atoms with E-state index in [0.29, 0.717) is 30.3 Å². The summed E-state index contributed by atoms with van der Waals surface area (Å²) in [4.78, 5) is 25.7. The van der Waals surface area contributed by atoms with Crippen LogP contribution in [0.5, 0.6) is 17.2 Å². The number of benzene rings is 2. The number of methoxy groups -OCH3 is 2. The van der Waals surface area contributed by atoms with Crippen molar-refractivity contribution in [3.05, 3.63) is 48.5 Å². The number of ether oxygens (including phenoxy) is 3. The fourth-order valence-corrected chi connectivity index (χ4v) is 2.63. The molecule has 28 heavy (non-hydrogen) atoms. The summed E-state index contributed by atoms with van der Waals surface area (Å²) in [5.41, 5.74) is 0.594. The van der Waals surface area contributed by atoms with Crippen LogP contribution >= 0.6 is 0 Å². The van der Waals surface area contributed by atoms with Crippen molar-refractivity contribution < 1.29 is 23.8 Å². The van der Waals surface area contributed by atoms with Crippen molar-refractivity contribution >= 4 is 17.5 Å². The Labute approximate surface area is 165 Å². The zero-order valence-corrected chi connectivity index (χ0v) is 16.4. The molecule has 2 aromatic rings. The maximum Gasteiger partial charge on any atom is 0.224 e. The highest BCUT2D eigenvalue weighted by atomic mass is 16.5. The monoisotopic (exact) mass is 386 g/mol. The fraction of sp³-hybridized carbons (Fsp3) is 0.333. The Bertz CT molecular complexity index is 780. The van der Waals surface area contributed by atoms with Crippen LogP contribution < -0.4 is 24.4 Å². The lowest BCUT2D eigenvalue weighted by Crippen LogP contribution is -2.38. The van der Waals surface area contributed by atoms with Crippen molar-refractivity contribution in [2.24, 2.45) is 0 Å². The van der Waals surface area contributed by atoms with Gasteiger partial charge < -0.3 is 24.4 Å². The third-order valence-corrected chi connectivity index (χ3v) is 4.06. The van der Waals surface area contributed by atoms with Gasteiger partial charge >= 0.3 is 0 Å². The van der Waals surface area contributed by atoms with Crippen LogP contribution in [0.4, 0.5) is 5.69 Å². The molecule has 7 nitrogen and oxygen atoms in total. The molecule has 0 aromatic heterocycles. The SMILES string of the molecule is COc1ccc(OC)c(N(CCNC(=O)CCOc2ccccc2)C(C)=O)c1. The Kier molecular flexibility index (Phi) is 8.14. The number of hydrogen-bond donors (Lipinski definition) is 1.